The first-order valence-corrected chi connectivity index (χ1v) is 42.8. The highest BCUT2D eigenvalue weighted by molar-refractivity contribution is 5.91. The van der Waals surface area contributed by atoms with Crippen LogP contribution in [0.5, 0.6) is 35.0 Å². The zero-order valence-electron chi connectivity index (χ0n) is 72.7. The average molecular weight is 1800 g/mol. The van der Waals surface area contributed by atoms with Crippen LogP contribution in [0.25, 0.3) is 34.2 Å². The molecule has 2 aromatic heterocycles. The number of phenols is 4. The molecule has 0 unspecified atom stereocenters. The first-order chi connectivity index (χ1) is 61.6. The van der Waals surface area contributed by atoms with E-state index < -0.39 is 122 Å². The van der Waals surface area contributed by atoms with E-state index in [9.17, 15) is 114 Å². The topological polar surface area (TPSA) is 593 Å². The molecular weight excluding hydrogens is 1690 g/mol. The van der Waals surface area contributed by atoms with Crippen LogP contribution in [0.1, 0.15) is 113 Å². The third kappa shape index (κ3) is 30.8. The fraction of sp³-hybridized carbons (Fsp3) is 0.529. The van der Waals surface area contributed by atoms with Gasteiger partial charge >= 0.3 is 41.9 Å². The molecule has 16 N–H and O–H groups in total. The van der Waals surface area contributed by atoms with Crippen molar-refractivity contribution in [3.63, 3.8) is 0 Å². The lowest BCUT2D eigenvalue weighted by atomic mass is 9.98. The summed E-state index contributed by atoms with van der Waals surface area (Å²) >= 11 is 0. The average Bonchev–Trinajstić information content (AvgIpc) is 1.67. The number of carbonyl (C=O) groups is 12. The minimum atomic E-state index is -1.41. The number of carboxylic acid groups (broad SMARTS) is 5. The Morgan fingerprint density at radius 2 is 0.791 bits per heavy atom. The molecule has 9 rings (SSSR count). The van der Waals surface area contributed by atoms with Gasteiger partial charge < -0.3 is 102 Å². The molecule has 7 amide bonds. The molecule has 3 aliphatic heterocycles. The molecule has 0 aliphatic carbocycles. The van der Waals surface area contributed by atoms with E-state index in [0.29, 0.717) is 87.9 Å². The Balaban J connectivity index is 0.731. The molecule has 0 bridgehead atoms. The summed E-state index contributed by atoms with van der Waals surface area (Å²) in [6.07, 6.45) is -2.23. The Morgan fingerprint density at radius 3 is 1.22 bits per heavy atom. The third-order valence-electron chi connectivity index (χ3n) is 22.3. The van der Waals surface area contributed by atoms with Crippen LogP contribution in [0.15, 0.2) is 72.8 Å². The molecule has 5 heterocycles. The molecular formula is C85H117N19O25. The van der Waals surface area contributed by atoms with E-state index in [0.717, 1.165) is 11.1 Å². The first-order valence-electron chi connectivity index (χ1n) is 42.8. The summed E-state index contributed by atoms with van der Waals surface area (Å²) in [5, 5.41) is 142. The van der Waals surface area contributed by atoms with Crippen LogP contribution >= 0.6 is 0 Å². The van der Waals surface area contributed by atoms with Crippen LogP contribution in [-0.4, -0.2) is 385 Å². The molecule has 0 spiro atoms. The Morgan fingerprint density at radius 1 is 0.388 bits per heavy atom. The maximum Gasteiger partial charge on any atom is 0.320 e. The normalized spacial score (nSPS) is 15.7. The lowest BCUT2D eigenvalue weighted by Gasteiger charge is -2.35. The highest BCUT2D eigenvalue weighted by Gasteiger charge is 2.33. The highest BCUT2D eigenvalue weighted by atomic mass is 16.5. The van der Waals surface area contributed by atoms with Crippen molar-refractivity contribution in [2.45, 2.75) is 122 Å². The molecule has 44 heteroatoms. The molecule has 702 valence electrons. The van der Waals surface area contributed by atoms with Gasteiger partial charge in [-0.1, -0.05) is 62.2 Å². The zero-order valence-corrected chi connectivity index (χ0v) is 72.7. The summed E-state index contributed by atoms with van der Waals surface area (Å²) < 4.78 is 13.7. The fourth-order valence-corrected chi connectivity index (χ4v) is 15.3. The van der Waals surface area contributed by atoms with E-state index >= 15 is 0 Å². The number of rotatable bonds is 45. The van der Waals surface area contributed by atoms with Crippen LogP contribution < -0.4 is 26.6 Å². The lowest BCUT2D eigenvalue weighted by Crippen LogP contribution is -2.52. The number of aromatic hydroxyl groups is 6. The molecule has 3 atom stereocenters. The molecule has 0 radical (unpaired) electrons. The van der Waals surface area contributed by atoms with E-state index in [1.165, 1.54) is 21.3 Å². The largest absolute Gasteiger partial charge is 0.508 e. The van der Waals surface area contributed by atoms with Crippen LogP contribution in [-0.2, 0) is 80.1 Å². The van der Waals surface area contributed by atoms with E-state index in [4.69, 9.17) is 9.47 Å². The van der Waals surface area contributed by atoms with Gasteiger partial charge in [0.15, 0.2) is 11.6 Å². The predicted molar refractivity (Wildman–Crippen MR) is 460 cm³/mol. The quantitative estimate of drug-likeness (QED) is 0.0226. The number of ether oxygens (including phenoxy) is 2. The van der Waals surface area contributed by atoms with Crippen molar-refractivity contribution in [1.82, 2.24) is 95.3 Å². The number of aromatic nitrogens is 6. The number of carboxylic acids is 5. The first kappa shape index (κ1) is 100. The van der Waals surface area contributed by atoms with E-state index in [1.54, 1.807) is 65.8 Å². The maximum absolute atomic E-state index is 14.1. The molecule has 44 nitrogen and oxygen atoms in total. The second-order valence-electron chi connectivity index (χ2n) is 32.4. The smallest absolute Gasteiger partial charge is 0.320 e. The number of aliphatic carboxylic acids is 5. The van der Waals surface area contributed by atoms with Gasteiger partial charge in [-0.25, -0.2) is 9.13 Å². The highest BCUT2D eigenvalue weighted by Crippen LogP contribution is 2.41. The van der Waals surface area contributed by atoms with Gasteiger partial charge in [0, 0.05) is 182 Å². The van der Waals surface area contributed by atoms with Crippen molar-refractivity contribution in [1.29, 1.82) is 0 Å². The lowest BCUT2D eigenvalue weighted by molar-refractivity contribution is -0.145. The van der Waals surface area contributed by atoms with Crippen LogP contribution in [0.2, 0.25) is 0 Å². The number of carbonyl (C=O) groups excluding carboxylic acids is 7. The second-order valence-corrected chi connectivity index (χ2v) is 32.4. The molecule has 3 fully saturated rings. The summed E-state index contributed by atoms with van der Waals surface area (Å²) in [6, 6.07) is 15.4. The van der Waals surface area contributed by atoms with Crippen LogP contribution in [0.3, 0.4) is 0 Å². The van der Waals surface area contributed by atoms with E-state index in [1.807, 2.05) is 52.0 Å². The number of amides is 7. The molecule has 6 aromatic rings. The molecule has 0 saturated carbocycles. The molecule has 3 saturated heterocycles. The second kappa shape index (κ2) is 49.0. The summed E-state index contributed by atoms with van der Waals surface area (Å²) in [5.74, 6) is -10.7. The third-order valence-corrected chi connectivity index (χ3v) is 22.3. The zero-order chi connectivity index (χ0) is 93.5. The molecule has 4 aromatic carbocycles. The minimum Gasteiger partial charge on any atom is -0.508 e. The standard InChI is InChI=1S/C85H117N19O25/c1-53(2)59-43-61(68(107)45-66(59)105)79-91-93-84(126)103(79)57-9-5-55(6-10-57)47-95-30-36-101(37-31-95)73(112)17-13-63(81(122)88-22-20-74(113)102-38-32-96(33-39-102)48-56-7-11-58(12-8-56)104-80(92-94-85(104)127)62-44-60(54(3)4)67(106)46-69(62)108)89-71(110)19-21-87-82(123)64(14-18-75(114)115)90-72(111)52-129-42-41-128-40-23-86-70(109)16-15-65(83(124)125)100-34-28-98(50-77(118)119)26-24-97(49-76(116)117)25-27-99(29-35-100)51-78(120)121/h5-12,43-46,53-54,63-65,105-108H,13-42,47-52H2,1-4H3,(H,86,109)(H,87,123)(H,88,122)(H,89,110)(H,90,111)(H,93,126)(H,94,127)(H,114,115)(H,116,117)(H,118,119)(H,120,121)(H,124,125)/t63-,64-,65-/m1/s1. The number of piperazine rings is 2. The van der Waals surface area contributed by atoms with Crippen molar-refractivity contribution < 1.29 is 123 Å². The number of nitrogens with one attached hydrogen (secondary N) is 5. The summed E-state index contributed by atoms with van der Waals surface area (Å²) in [7, 11) is 0. The number of benzene rings is 4. The summed E-state index contributed by atoms with van der Waals surface area (Å²) in [5.41, 5.74) is 4.48. The van der Waals surface area contributed by atoms with Crippen LogP contribution in [0.4, 0.5) is 0 Å². The molecule has 129 heavy (non-hydrogen) atoms. The monoisotopic (exact) mass is 1800 g/mol. The van der Waals surface area contributed by atoms with Gasteiger partial charge in [-0.2, -0.15) is 0 Å². The maximum atomic E-state index is 14.1. The van der Waals surface area contributed by atoms with Gasteiger partial charge in [-0.05, 0) is 89.8 Å². The van der Waals surface area contributed by atoms with Crippen molar-refractivity contribution >= 4 is 71.2 Å². The van der Waals surface area contributed by atoms with Gasteiger partial charge in [0.1, 0.15) is 47.7 Å². The Kier molecular flexibility index (Phi) is 38.0. The van der Waals surface area contributed by atoms with Gasteiger partial charge in [0.05, 0.1) is 62.0 Å². The van der Waals surface area contributed by atoms with Gasteiger partial charge in [0.25, 0.3) is 0 Å². The summed E-state index contributed by atoms with van der Waals surface area (Å²) in [6.45, 7) is 10.0. The molecule has 3 aliphatic rings. The van der Waals surface area contributed by atoms with Gasteiger partial charge in [-0.3, -0.25) is 86.9 Å². The van der Waals surface area contributed by atoms with Crippen molar-refractivity contribution in [2.75, 3.05) is 170 Å². The van der Waals surface area contributed by atoms with E-state index in [2.05, 4.69) is 56.8 Å². The summed E-state index contributed by atoms with van der Waals surface area (Å²) in [4.78, 5) is 169. The van der Waals surface area contributed by atoms with Crippen molar-refractivity contribution in [2.24, 2.45) is 0 Å². The van der Waals surface area contributed by atoms with Gasteiger partial charge in [-0.15, -0.1) is 10.2 Å². The van der Waals surface area contributed by atoms with Gasteiger partial charge in [0.2, 0.25) is 41.4 Å². The Labute approximate surface area is 743 Å². The minimum absolute atomic E-state index is 0.0190. The fourth-order valence-electron chi connectivity index (χ4n) is 15.3. The van der Waals surface area contributed by atoms with Crippen molar-refractivity contribution in [3.8, 4) is 69.2 Å². The Bertz CT molecular complexity index is 4810. The van der Waals surface area contributed by atoms with E-state index in [-0.39, 0.29) is 206 Å². The number of hydrogen-bond donors (Lipinski definition) is 16. The number of nitrogens with zero attached hydrogens (tertiary/aromatic N) is 14. The predicted octanol–water partition coefficient (Wildman–Crippen LogP) is 0.136. The van der Waals surface area contributed by atoms with Crippen LogP contribution in [0, 0.1) is 0 Å². The SMILES string of the molecule is CC(C)c1cc(-c2nnc(O)n2-c2ccc(CN3CCN(C(=O)CCNC(=O)[C@@H](CCC(=O)N4CCN(Cc5ccc(-n6c(O)nnc6-c6cc(C(C)C)c(O)cc6O)cc5)CC4)NC(=O)CCNC(=O)[C@@H](CCC(=O)O)NC(=O)COCCOCCNC(=O)CC[C@H](C(=O)O)N4CCN(CC(=O)O)CCN(CC(=O)O)CCN(CC(=O)O)CC4)CC3)cc2)c(O)cc1O. The Hall–Kier alpha value is -12.7. The number of hydrogen-bond acceptors (Lipinski definition) is 30. The number of phenolic OH excluding ortho intramolecular Hbond substituents is 4. The van der Waals surface area contributed by atoms with Crippen molar-refractivity contribution in [3.05, 3.63) is 95.1 Å².